The third kappa shape index (κ3) is 6.35. The van der Waals surface area contributed by atoms with Gasteiger partial charge < -0.3 is 19.4 Å². The first-order chi connectivity index (χ1) is 7.60. The number of Topliss-reactive ketones (excluding diaryl/α,β-unsaturated/α-hetero) is 1. The number of rotatable bonds is 8. The molecular weight excluding hydrogens is 226 g/mol. The summed E-state index contributed by atoms with van der Waals surface area (Å²) in [5.41, 5.74) is -1.88. The first-order valence-corrected chi connectivity index (χ1v) is 5.46. The Morgan fingerprint density at radius 3 is 2.18 bits per heavy atom. The van der Waals surface area contributed by atoms with Crippen LogP contribution < -0.4 is 0 Å². The Kier molecular flexibility index (Phi) is 5.74. The highest BCUT2D eigenvalue weighted by molar-refractivity contribution is 5.91. The molecule has 17 heavy (non-hydrogen) atoms. The molecule has 0 aromatic carbocycles. The minimum atomic E-state index is -1.88. The van der Waals surface area contributed by atoms with E-state index in [1.807, 2.05) is 0 Å². The minimum absolute atomic E-state index is 0.0329. The van der Waals surface area contributed by atoms with Crippen molar-refractivity contribution in [3.05, 3.63) is 0 Å². The highest BCUT2D eigenvalue weighted by Gasteiger charge is 2.42. The number of carbonyl (C=O) groups excluding carboxylic acids is 1. The lowest BCUT2D eigenvalue weighted by molar-refractivity contribution is -0.875. The van der Waals surface area contributed by atoms with E-state index in [0.717, 1.165) is 0 Å². The second-order valence-electron chi connectivity index (χ2n) is 5.11. The van der Waals surface area contributed by atoms with Gasteiger partial charge in [-0.2, -0.15) is 0 Å². The Hall–Kier alpha value is -0.980. The molecule has 0 spiro atoms. The molecule has 6 heteroatoms. The molecule has 0 aromatic heterocycles. The van der Waals surface area contributed by atoms with Gasteiger partial charge in [-0.05, 0) is 6.92 Å². The Bertz CT molecular complexity index is 284. The number of likely N-dealkylation sites (N-methyl/N-ethyl adjacent to an activating group) is 1. The number of ether oxygens (including phenoxy) is 1. The van der Waals surface area contributed by atoms with Crippen LogP contribution in [0.2, 0.25) is 0 Å². The standard InChI is InChI=1S/C11H21NO5/c1-5-17-7-9(13)11(16,6-10(14)15)8-12(2,3)4/h16H,5-8H2,1-4H3/p+1. The largest absolute Gasteiger partial charge is 0.481 e. The van der Waals surface area contributed by atoms with Crippen molar-refractivity contribution in [2.24, 2.45) is 0 Å². The van der Waals surface area contributed by atoms with Crippen LogP contribution in [0.3, 0.4) is 0 Å². The van der Waals surface area contributed by atoms with Gasteiger partial charge in [0.05, 0.1) is 27.6 Å². The summed E-state index contributed by atoms with van der Waals surface area (Å²) < 4.78 is 5.22. The summed E-state index contributed by atoms with van der Waals surface area (Å²) in [6.45, 7) is 1.84. The summed E-state index contributed by atoms with van der Waals surface area (Å²) in [5, 5.41) is 18.9. The maximum Gasteiger partial charge on any atom is 0.306 e. The predicted molar refractivity (Wildman–Crippen MR) is 61.6 cm³/mol. The van der Waals surface area contributed by atoms with E-state index in [1.165, 1.54) is 0 Å². The monoisotopic (exact) mass is 248 g/mol. The summed E-state index contributed by atoms with van der Waals surface area (Å²) in [4.78, 5) is 22.5. The molecule has 0 saturated carbocycles. The Labute approximate surface area is 101 Å². The van der Waals surface area contributed by atoms with E-state index in [0.29, 0.717) is 11.1 Å². The van der Waals surface area contributed by atoms with E-state index in [4.69, 9.17) is 9.84 Å². The minimum Gasteiger partial charge on any atom is -0.481 e. The molecule has 0 bridgehead atoms. The molecule has 0 aliphatic carbocycles. The van der Waals surface area contributed by atoms with Gasteiger partial charge in [-0.15, -0.1) is 0 Å². The van der Waals surface area contributed by atoms with Crippen LogP contribution in [0.5, 0.6) is 0 Å². The molecule has 0 aliphatic rings. The van der Waals surface area contributed by atoms with Crippen molar-refractivity contribution in [3.63, 3.8) is 0 Å². The molecule has 100 valence electrons. The number of nitrogens with zero attached hydrogens (tertiary/aromatic N) is 1. The van der Waals surface area contributed by atoms with Crippen molar-refractivity contribution in [3.8, 4) is 0 Å². The van der Waals surface area contributed by atoms with Crippen molar-refractivity contribution in [2.45, 2.75) is 18.9 Å². The first-order valence-electron chi connectivity index (χ1n) is 5.46. The zero-order chi connectivity index (χ0) is 13.7. The van der Waals surface area contributed by atoms with Crippen LogP contribution in [0.25, 0.3) is 0 Å². The summed E-state index contributed by atoms with van der Waals surface area (Å²) in [6, 6.07) is 0. The smallest absolute Gasteiger partial charge is 0.306 e. The molecule has 0 amide bonds. The molecule has 0 saturated heterocycles. The molecule has 6 nitrogen and oxygen atoms in total. The van der Waals surface area contributed by atoms with Gasteiger partial charge in [0.15, 0.2) is 11.4 Å². The van der Waals surface area contributed by atoms with Crippen molar-refractivity contribution in [2.75, 3.05) is 40.9 Å². The predicted octanol–water partition coefficient (Wildman–Crippen LogP) is -0.496. The molecule has 0 fully saturated rings. The van der Waals surface area contributed by atoms with Crippen molar-refractivity contribution >= 4 is 11.8 Å². The number of aliphatic hydroxyl groups is 1. The second-order valence-corrected chi connectivity index (χ2v) is 5.11. The number of hydrogen-bond acceptors (Lipinski definition) is 4. The van der Waals surface area contributed by atoms with Crippen LogP contribution in [0.4, 0.5) is 0 Å². The number of carboxylic acid groups (broad SMARTS) is 1. The van der Waals surface area contributed by atoms with Crippen LogP contribution in [0.1, 0.15) is 13.3 Å². The van der Waals surface area contributed by atoms with Crippen LogP contribution >= 0.6 is 0 Å². The number of ketones is 1. The fourth-order valence-electron chi connectivity index (χ4n) is 1.61. The molecule has 0 aliphatic heterocycles. The number of carboxylic acids is 1. The van der Waals surface area contributed by atoms with Gasteiger partial charge in [-0.25, -0.2) is 0 Å². The summed E-state index contributed by atoms with van der Waals surface area (Å²) >= 11 is 0. The van der Waals surface area contributed by atoms with Crippen molar-refractivity contribution < 1.29 is 29.0 Å². The number of hydrogen-bond donors (Lipinski definition) is 2. The zero-order valence-electron chi connectivity index (χ0n) is 10.9. The molecule has 0 aromatic rings. The second kappa shape index (κ2) is 6.09. The van der Waals surface area contributed by atoms with E-state index in [9.17, 15) is 14.7 Å². The normalized spacial score (nSPS) is 15.4. The molecule has 0 rings (SSSR count). The van der Waals surface area contributed by atoms with Gasteiger partial charge in [0.2, 0.25) is 0 Å². The lowest BCUT2D eigenvalue weighted by Crippen LogP contribution is -2.55. The Balaban J connectivity index is 4.83. The highest BCUT2D eigenvalue weighted by atomic mass is 16.5. The molecular formula is C11H22NO5+. The Morgan fingerprint density at radius 1 is 1.29 bits per heavy atom. The Morgan fingerprint density at radius 2 is 1.82 bits per heavy atom. The van der Waals surface area contributed by atoms with Gasteiger partial charge in [0, 0.05) is 6.61 Å². The lowest BCUT2D eigenvalue weighted by atomic mass is 9.93. The third-order valence-corrected chi connectivity index (χ3v) is 2.14. The molecule has 0 heterocycles. The van der Waals surface area contributed by atoms with E-state index in [2.05, 4.69) is 0 Å². The first kappa shape index (κ1) is 16.0. The molecule has 1 atom stereocenters. The summed E-state index contributed by atoms with van der Waals surface area (Å²) in [6.07, 6.45) is -0.603. The highest BCUT2D eigenvalue weighted by Crippen LogP contribution is 2.16. The van der Waals surface area contributed by atoms with Gasteiger partial charge in [0.1, 0.15) is 13.2 Å². The number of aliphatic carboxylic acids is 1. The third-order valence-electron chi connectivity index (χ3n) is 2.14. The average molecular weight is 248 g/mol. The van der Waals surface area contributed by atoms with Crippen molar-refractivity contribution in [1.29, 1.82) is 0 Å². The SMILES string of the molecule is CCOCC(=O)C(O)(CC(=O)O)C[N+](C)(C)C. The van der Waals surface area contributed by atoms with Crippen molar-refractivity contribution in [1.82, 2.24) is 0 Å². The maximum absolute atomic E-state index is 11.8. The average Bonchev–Trinajstić information content (AvgIpc) is 2.09. The quantitative estimate of drug-likeness (QED) is 0.566. The van der Waals surface area contributed by atoms with E-state index in [1.54, 1.807) is 28.1 Å². The van der Waals surface area contributed by atoms with E-state index >= 15 is 0 Å². The van der Waals surface area contributed by atoms with E-state index < -0.39 is 23.8 Å². The van der Waals surface area contributed by atoms with Crippen LogP contribution in [0.15, 0.2) is 0 Å². The van der Waals surface area contributed by atoms with Crippen LogP contribution in [-0.4, -0.2) is 73.0 Å². The van der Waals surface area contributed by atoms with Gasteiger partial charge in [-0.1, -0.05) is 0 Å². The fraction of sp³-hybridized carbons (Fsp3) is 0.818. The van der Waals surface area contributed by atoms with Crippen LogP contribution in [-0.2, 0) is 14.3 Å². The summed E-state index contributed by atoms with van der Waals surface area (Å²) in [5.74, 6) is -1.79. The molecule has 2 N–H and O–H groups in total. The number of quaternary nitrogens is 1. The topological polar surface area (TPSA) is 83.8 Å². The molecule has 0 radical (unpaired) electrons. The maximum atomic E-state index is 11.8. The molecule has 1 unspecified atom stereocenters. The lowest BCUT2D eigenvalue weighted by Gasteiger charge is -2.33. The van der Waals surface area contributed by atoms with Gasteiger partial charge >= 0.3 is 5.97 Å². The fourth-order valence-corrected chi connectivity index (χ4v) is 1.61. The number of carbonyl (C=O) groups is 2. The summed E-state index contributed by atoms with van der Waals surface area (Å²) in [7, 11) is 5.34. The van der Waals surface area contributed by atoms with Gasteiger partial charge in [-0.3, -0.25) is 9.59 Å². The zero-order valence-corrected chi connectivity index (χ0v) is 10.9. The van der Waals surface area contributed by atoms with Gasteiger partial charge in [0.25, 0.3) is 0 Å². The van der Waals surface area contributed by atoms with E-state index in [-0.39, 0.29) is 13.2 Å². The van der Waals surface area contributed by atoms with Crippen LogP contribution in [0, 0.1) is 0 Å².